The Labute approximate surface area is 558 Å². The van der Waals surface area contributed by atoms with Crippen LogP contribution in [0.15, 0.2) is 93.9 Å². The third-order valence-electron chi connectivity index (χ3n) is 14.4. The van der Waals surface area contributed by atoms with Gasteiger partial charge in [0.05, 0.1) is 22.9 Å². The number of thiazole rings is 2. The summed E-state index contributed by atoms with van der Waals surface area (Å²) in [5.41, 5.74) is 25.9. The molecule has 2 amide bonds. The number of carbonyl (C=O) groups excluding carboxylic acids is 8. The minimum atomic E-state index is -5.17. The van der Waals surface area contributed by atoms with Crippen LogP contribution in [0.4, 0.5) is 10.3 Å². The zero-order chi connectivity index (χ0) is 71.0. The van der Waals surface area contributed by atoms with Gasteiger partial charge in [-0.3, -0.25) is 19.2 Å². The van der Waals surface area contributed by atoms with Crippen molar-refractivity contribution in [3.63, 3.8) is 0 Å². The highest BCUT2D eigenvalue weighted by atomic mass is 32.3. The lowest BCUT2D eigenvalue weighted by atomic mass is 9.74. The van der Waals surface area contributed by atoms with Crippen LogP contribution in [0.25, 0.3) is 22.5 Å². The highest BCUT2D eigenvalue weighted by molar-refractivity contribution is 7.81. The molecule has 2 saturated heterocycles. The maximum Gasteiger partial charge on any atom is 0.373 e. The van der Waals surface area contributed by atoms with Gasteiger partial charge in [-0.15, -0.1) is 22.7 Å². The summed E-state index contributed by atoms with van der Waals surface area (Å²) >= 11 is 2.18. The van der Waals surface area contributed by atoms with E-state index in [0.717, 1.165) is 95.1 Å². The standard InChI is InChI=1S/2C28H35N7O8S2.2CO2/c1-28(2)21(26(37)35(28)43-45(38,39)40)16-24(36)25(22-17-44-27(30)31-22)33-42-15-14-41-20-10-7-18(8-11-20)23-12-9-19(32-34(23)3)6-4-5-13-29;1-28(2)21(26(37)35(28)43-45(38,39)40)16-24(36)25(23-17-44-27(30)31-23)33-42-15-14-41-20-10-7-18(8-11-20)22-12-9-19(34(3)32-22)6-4-5-13-29;2*2-1-3/h2*7-12,17,21H,4-6,13-16,29H2,1-3H3,(H2-,30,31,38,39,40);;/b2*33-25-;;/t2*21-;;/m11../s1. The first kappa shape index (κ1) is 77.4. The number of carbonyl (C=O) groups is 4. The van der Waals surface area contributed by atoms with Gasteiger partial charge in [0.25, 0.3) is 11.8 Å². The van der Waals surface area contributed by atoms with Gasteiger partial charge in [0.2, 0.25) is 32.2 Å². The minimum Gasteiger partial charge on any atom is -0.724 e. The van der Waals surface area contributed by atoms with Crippen molar-refractivity contribution in [1.29, 1.82) is 0 Å². The molecule has 96 heavy (non-hydrogen) atoms. The quantitative estimate of drug-likeness (QED) is 0.00882. The van der Waals surface area contributed by atoms with Gasteiger partial charge < -0.3 is 51.2 Å². The molecule has 0 saturated carbocycles. The molecule has 2 aliphatic rings. The maximum atomic E-state index is 13.2. The van der Waals surface area contributed by atoms with E-state index in [1.807, 2.05) is 90.2 Å². The number of hydrogen-bond acceptors (Lipinski definition) is 32. The summed E-state index contributed by atoms with van der Waals surface area (Å²) in [6, 6.07) is 23.0. The second kappa shape index (κ2) is 36.0. The summed E-state index contributed by atoms with van der Waals surface area (Å²) in [7, 11) is -6.52. The number of nitrogens with zero attached hydrogens (tertiary/aromatic N) is 10. The molecule has 6 heterocycles. The van der Waals surface area contributed by atoms with Crippen molar-refractivity contribution in [3.8, 4) is 34.0 Å². The van der Waals surface area contributed by atoms with Crippen LogP contribution in [0.5, 0.6) is 11.5 Å². The van der Waals surface area contributed by atoms with Crippen LogP contribution in [0.1, 0.15) is 89.0 Å². The van der Waals surface area contributed by atoms with Crippen LogP contribution in [-0.2, 0) is 104 Å². The molecule has 34 nitrogen and oxygen atoms in total. The lowest BCUT2D eigenvalue weighted by Crippen LogP contribution is -2.68. The maximum absolute atomic E-state index is 13.2. The molecule has 0 bridgehead atoms. The number of nitrogen functional groups attached to an aromatic ring is 2. The van der Waals surface area contributed by atoms with Gasteiger partial charge in [0.1, 0.15) is 47.5 Å². The Morgan fingerprint density at radius 3 is 1.41 bits per heavy atom. The number of β-lactam (4-membered cyclic amide) rings is 2. The monoisotopic (exact) mass is 1410 g/mol. The summed E-state index contributed by atoms with van der Waals surface area (Å²) in [6.45, 7) is 7.40. The van der Waals surface area contributed by atoms with E-state index in [0.29, 0.717) is 34.7 Å². The summed E-state index contributed by atoms with van der Waals surface area (Å²) in [5, 5.41) is 21.5. The number of aryl methyl sites for hydroxylation is 4. The van der Waals surface area contributed by atoms with Crippen LogP contribution in [0.3, 0.4) is 0 Å². The van der Waals surface area contributed by atoms with Crippen molar-refractivity contribution in [3.05, 3.63) is 106 Å². The summed E-state index contributed by atoms with van der Waals surface area (Å²) in [6.07, 6.45) is 5.51. The van der Waals surface area contributed by atoms with E-state index in [-0.39, 0.29) is 84.6 Å². The number of amides is 2. The van der Waals surface area contributed by atoms with Crippen molar-refractivity contribution in [2.24, 2.45) is 47.7 Å². The highest BCUT2D eigenvalue weighted by Gasteiger charge is 2.58. The van der Waals surface area contributed by atoms with E-state index in [1.54, 1.807) is 0 Å². The number of oxime groups is 2. The van der Waals surface area contributed by atoms with Crippen LogP contribution in [0.2, 0.25) is 0 Å². The number of benzene rings is 2. The molecule has 8 N–H and O–H groups in total. The van der Waals surface area contributed by atoms with Crippen molar-refractivity contribution in [1.82, 2.24) is 30.3 Å². The molecule has 2 aliphatic heterocycles. The fraction of sp³-hybridized carbons (Fsp3) is 0.414. The fourth-order valence-corrected chi connectivity index (χ4v) is 11.4. The largest absolute Gasteiger partial charge is 0.724 e. The number of ether oxygens (including phenoxy) is 2. The van der Waals surface area contributed by atoms with Crippen molar-refractivity contribution >= 4 is 101 Å². The van der Waals surface area contributed by atoms with Crippen molar-refractivity contribution in [2.45, 2.75) is 90.1 Å². The molecule has 2 fully saturated rings. The smallest absolute Gasteiger partial charge is 0.373 e. The lowest BCUT2D eigenvalue weighted by Gasteiger charge is -2.51. The summed E-state index contributed by atoms with van der Waals surface area (Å²) in [5.74, 6) is -3.61. The number of hydroxylamine groups is 4. The Bertz CT molecular complexity index is 4010. The summed E-state index contributed by atoms with van der Waals surface area (Å²) in [4.78, 5) is 103. The molecule has 4 aromatic heterocycles. The second-order valence-corrected chi connectivity index (χ2v) is 25.4. The van der Waals surface area contributed by atoms with Gasteiger partial charge in [0.15, 0.2) is 60.6 Å². The second-order valence-electron chi connectivity index (χ2n) is 21.7. The first-order valence-electron chi connectivity index (χ1n) is 28.9. The number of nitrogens with two attached hydrogens (primary N) is 4. The number of ketones is 2. The number of rotatable bonds is 32. The van der Waals surface area contributed by atoms with Crippen LogP contribution in [0, 0.1) is 11.8 Å². The van der Waals surface area contributed by atoms with Crippen LogP contribution in [-0.4, -0.2) is 154 Å². The number of Topliss-reactive ketones (excluding diaryl/α,β-unsaturated/α-hetero) is 2. The molecule has 8 rings (SSSR count). The highest BCUT2D eigenvalue weighted by Crippen LogP contribution is 2.42. The molecule has 2 atom stereocenters. The van der Waals surface area contributed by atoms with Gasteiger partial charge >= 0.3 is 12.3 Å². The topological polar surface area (TPSA) is 501 Å². The lowest BCUT2D eigenvalue weighted by molar-refractivity contribution is -0.736. The zero-order valence-corrected chi connectivity index (χ0v) is 56.0. The summed E-state index contributed by atoms with van der Waals surface area (Å²) < 4.78 is 89.5. The third-order valence-corrected chi connectivity index (χ3v) is 16.4. The normalized spacial score (nSPS) is 15.5. The van der Waals surface area contributed by atoms with E-state index in [2.05, 4.69) is 45.1 Å². The van der Waals surface area contributed by atoms with Crippen molar-refractivity contribution < 1.29 is 101 Å². The van der Waals surface area contributed by atoms with E-state index in [4.69, 9.17) is 61.3 Å². The average molecular weight is 1410 g/mol. The SMILES string of the molecule is C[n+]1nc(-c2ccc(OCCO/N=C(\C(=O)C[C@@H]3C(=O)N(OS(=O)(=O)[O-])C3(C)C)c3csc(N)n3)cc2)ccc1CCCCN.C[n+]1nc(CCCCN)ccc1-c1ccc(OCCO/N=C(\C(=O)C[C@@H]2C(=O)N(OS(=O)(=O)[O-])C2(C)C)c2csc(N)n2)cc1.O=C=O.O=C=O. The number of unbranched alkanes of at least 4 members (excludes halogenated alkanes) is 2. The zero-order valence-electron chi connectivity index (χ0n) is 52.7. The number of anilines is 2. The van der Waals surface area contributed by atoms with E-state index < -0.39 is 67.1 Å². The first-order valence-corrected chi connectivity index (χ1v) is 33.3. The van der Waals surface area contributed by atoms with Crippen LogP contribution >= 0.6 is 22.7 Å². The Morgan fingerprint density at radius 2 is 1.03 bits per heavy atom. The number of hydrogen-bond donors (Lipinski definition) is 4. The van der Waals surface area contributed by atoms with Gasteiger partial charge in [0, 0.05) is 58.4 Å². The minimum absolute atomic E-state index is 0.0144. The average Bonchev–Trinajstić information content (AvgIpc) is 0.808. The molecule has 0 unspecified atom stereocenters. The van der Waals surface area contributed by atoms with Gasteiger partial charge in [-0.25, -0.2) is 26.8 Å². The molecular formula is C58H70N14O20S4. The predicted octanol–water partition coefficient (Wildman–Crippen LogP) is 1.39. The van der Waals surface area contributed by atoms with Gasteiger partial charge in [-0.05, 0) is 139 Å². The molecule has 38 heteroatoms. The Kier molecular flexibility index (Phi) is 29.0. The van der Waals surface area contributed by atoms with Crippen molar-refractivity contribution in [2.75, 3.05) is 51.0 Å². The molecule has 0 spiro atoms. The van der Waals surface area contributed by atoms with E-state index >= 15 is 0 Å². The van der Waals surface area contributed by atoms with Gasteiger partial charge in [-0.1, -0.05) is 19.7 Å². The third kappa shape index (κ3) is 22.4. The first-order chi connectivity index (χ1) is 45.4. The van der Waals surface area contributed by atoms with E-state index in [1.165, 1.54) is 38.5 Å². The molecule has 0 radical (unpaired) electrons. The molecule has 0 aliphatic carbocycles. The Hall–Kier alpha value is -9.30. The predicted molar refractivity (Wildman–Crippen MR) is 334 cm³/mol. The molecular weight excluding hydrogens is 1340 g/mol. The molecule has 6 aromatic rings. The molecule has 2 aromatic carbocycles. The molecule has 516 valence electrons. The number of aromatic nitrogens is 6. The fourth-order valence-electron chi connectivity index (χ4n) is 9.45. The Morgan fingerprint density at radius 1 is 0.604 bits per heavy atom. The van der Waals surface area contributed by atoms with Crippen LogP contribution < -0.4 is 41.8 Å². The Balaban J connectivity index is 0.000000321. The van der Waals surface area contributed by atoms with E-state index in [9.17, 15) is 45.1 Å². The van der Waals surface area contributed by atoms with Gasteiger partial charge in [-0.2, -0.15) is 37.9 Å².